The molecule has 6 heteroatoms. The van der Waals surface area contributed by atoms with Gasteiger partial charge < -0.3 is 14.8 Å². The van der Waals surface area contributed by atoms with Crippen molar-refractivity contribution in [2.24, 2.45) is 0 Å². The maximum Gasteiger partial charge on any atom is 0.343 e. The van der Waals surface area contributed by atoms with Crippen LogP contribution in [0.1, 0.15) is 5.56 Å². The maximum absolute atomic E-state index is 12.1. The first-order valence-electron chi connectivity index (χ1n) is 6.91. The van der Waals surface area contributed by atoms with E-state index in [0.29, 0.717) is 16.5 Å². The zero-order chi connectivity index (χ0) is 16.7. The number of carbonyl (C=O) groups is 2. The Hall–Kier alpha value is -2.53. The highest BCUT2D eigenvalue weighted by molar-refractivity contribution is 6.31. The van der Waals surface area contributed by atoms with E-state index < -0.39 is 5.97 Å². The molecule has 0 saturated carbocycles. The summed E-state index contributed by atoms with van der Waals surface area (Å²) in [5.74, 6) is -0.202. The molecule has 0 heterocycles. The van der Waals surface area contributed by atoms with Crippen molar-refractivity contribution in [1.29, 1.82) is 0 Å². The number of amides is 1. The number of anilines is 1. The highest BCUT2D eigenvalue weighted by Crippen LogP contribution is 2.19. The number of carbonyl (C=O) groups excluding carboxylic acids is 2. The fourth-order valence-electron chi connectivity index (χ4n) is 1.88. The highest BCUT2D eigenvalue weighted by Gasteiger charge is 2.08. The van der Waals surface area contributed by atoms with E-state index >= 15 is 0 Å². The zero-order valence-corrected chi connectivity index (χ0v) is 13.3. The van der Waals surface area contributed by atoms with E-state index in [1.165, 1.54) is 7.11 Å². The minimum absolute atomic E-state index is 0.174. The van der Waals surface area contributed by atoms with Crippen molar-refractivity contribution in [3.63, 3.8) is 0 Å². The predicted molar refractivity (Wildman–Crippen MR) is 87.7 cm³/mol. The molecule has 2 rings (SSSR count). The summed E-state index contributed by atoms with van der Waals surface area (Å²) in [6.45, 7) is -0.187. The van der Waals surface area contributed by atoms with Crippen molar-refractivity contribution in [3.8, 4) is 5.75 Å². The van der Waals surface area contributed by atoms with Crippen LogP contribution in [0.25, 0.3) is 0 Å². The topological polar surface area (TPSA) is 64.6 Å². The molecule has 120 valence electrons. The number of hydrogen-bond donors (Lipinski definition) is 1. The van der Waals surface area contributed by atoms with Crippen LogP contribution in [-0.4, -0.2) is 25.6 Å². The molecule has 1 N–H and O–H groups in total. The molecule has 0 atom stereocenters. The standard InChI is InChI=1S/C17H16ClNO4/c1-22-17(21)11-23-14-7-4-6-13(10-14)19-16(20)9-12-5-2-3-8-15(12)18/h2-8,10H,9,11H2,1H3,(H,19,20). The van der Waals surface area contributed by atoms with Gasteiger partial charge in [0.15, 0.2) is 6.61 Å². The quantitative estimate of drug-likeness (QED) is 0.825. The number of nitrogens with one attached hydrogen (secondary N) is 1. The molecular weight excluding hydrogens is 318 g/mol. The van der Waals surface area contributed by atoms with Gasteiger partial charge in [0.05, 0.1) is 13.5 Å². The van der Waals surface area contributed by atoms with E-state index in [9.17, 15) is 9.59 Å². The number of esters is 1. The van der Waals surface area contributed by atoms with Crippen molar-refractivity contribution in [2.75, 3.05) is 19.0 Å². The molecule has 0 unspecified atom stereocenters. The highest BCUT2D eigenvalue weighted by atomic mass is 35.5. The fourth-order valence-corrected chi connectivity index (χ4v) is 2.09. The summed E-state index contributed by atoms with van der Waals surface area (Å²) in [6.07, 6.45) is 0.174. The number of rotatable bonds is 6. The maximum atomic E-state index is 12.1. The summed E-state index contributed by atoms with van der Waals surface area (Å²) in [6, 6.07) is 14.0. The second kappa shape index (κ2) is 8.19. The van der Waals surface area contributed by atoms with E-state index in [1.54, 1.807) is 36.4 Å². The molecule has 5 nitrogen and oxygen atoms in total. The Bertz CT molecular complexity index is 702. The van der Waals surface area contributed by atoms with Crippen LogP contribution in [0.15, 0.2) is 48.5 Å². The summed E-state index contributed by atoms with van der Waals surface area (Å²) in [7, 11) is 1.29. The number of halogens is 1. The molecule has 0 bridgehead atoms. The summed E-state index contributed by atoms with van der Waals surface area (Å²) >= 11 is 6.04. The molecule has 0 aliphatic carbocycles. The van der Waals surface area contributed by atoms with Crippen molar-refractivity contribution in [3.05, 3.63) is 59.1 Å². The molecular formula is C17H16ClNO4. The lowest BCUT2D eigenvalue weighted by Gasteiger charge is -2.09. The monoisotopic (exact) mass is 333 g/mol. The first-order chi connectivity index (χ1) is 11.1. The van der Waals surface area contributed by atoms with Crippen LogP contribution in [0, 0.1) is 0 Å². The summed E-state index contributed by atoms with van der Waals surface area (Å²) in [5.41, 5.74) is 1.33. The van der Waals surface area contributed by atoms with Crippen LogP contribution in [0.5, 0.6) is 5.75 Å². The third-order valence-electron chi connectivity index (χ3n) is 3.01. The van der Waals surface area contributed by atoms with Crippen molar-refractivity contribution in [2.45, 2.75) is 6.42 Å². The lowest BCUT2D eigenvalue weighted by molar-refractivity contribution is -0.142. The number of hydrogen-bond acceptors (Lipinski definition) is 4. The number of methoxy groups -OCH3 is 1. The third-order valence-corrected chi connectivity index (χ3v) is 3.38. The Morgan fingerprint density at radius 3 is 2.65 bits per heavy atom. The van der Waals surface area contributed by atoms with Crippen LogP contribution < -0.4 is 10.1 Å². The minimum Gasteiger partial charge on any atom is -0.482 e. The Labute approximate surface area is 139 Å². The van der Waals surface area contributed by atoms with Gasteiger partial charge in [-0.1, -0.05) is 35.9 Å². The molecule has 0 aliphatic rings. The number of benzene rings is 2. The van der Waals surface area contributed by atoms with Gasteiger partial charge in [-0.2, -0.15) is 0 Å². The van der Waals surface area contributed by atoms with Crippen LogP contribution >= 0.6 is 11.6 Å². The van der Waals surface area contributed by atoms with Crippen molar-refractivity contribution in [1.82, 2.24) is 0 Å². The first-order valence-corrected chi connectivity index (χ1v) is 7.29. The van der Waals surface area contributed by atoms with Gasteiger partial charge in [0.2, 0.25) is 5.91 Å². The smallest absolute Gasteiger partial charge is 0.343 e. The van der Waals surface area contributed by atoms with Gasteiger partial charge in [-0.25, -0.2) is 4.79 Å². The minimum atomic E-state index is -0.474. The van der Waals surface area contributed by atoms with Crippen LogP contribution in [-0.2, 0) is 20.7 Å². The van der Waals surface area contributed by atoms with Gasteiger partial charge in [-0.15, -0.1) is 0 Å². The Morgan fingerprint density at radius 2 is 1.91 bits per heavy atom. The first kappa shape index (κ1) is 16.8. The molecule has 23 heavy (non-hydrogen) atoms. The Morgan fingerprint density at radius 1 is 1.13 bits per heavy atom. The molecule has 0 fully saturated rings. The lowest BCUT2D eigenvalue weighted by Crippen LogP contribution is -2.15. The van der Waals surface area contributed by atoms with E-state index in [-0.39, 0.29) is 18.9 Å². The van der Waals surface area contributed by atoms with E-state index in [2.05, 4.69) is 10.1 Å². The average molecular weight is 334 g/mol. The summed E-state index contributed by atoms with van der Waals surface area (Å²) in [5, 5.41) is 3.32. The van der Waals surface area contributed by atoms with E-state index in [4.69, 9.17) is 16.3 Å². The Balaban J connectivity index is 1.96. The van der Waals surface area contributed by atoms with Gasteiger partial charge >= 0.3 is 5.97 Å². The predicted octanol–water partition coefficient (Wildman–Crippen LogP) is 3.07. The molecule has 1 amide bonds. The second-order valence-electron chi connectivity index (χ2n) is 4.71. The average Bonchev–Trinajstić information content (AvgIpc) is 2.55. The van der Waals surface area contributed by atoms with Crippen molar-refractivity contribution < 1.29 is 19.1 Å². The van der Waals surface area contributed by atoms with Crippen LogP contribution in [0.2, 0.25) is 5.02 Å². The van der Waals surface area contributed by atoms with Gasteiger partial charge in [0.25, 0.3) is 0 Å². The van der Waals surface area contributed by atoms with Gasteiger partial charge in [-0.3, -0.25) is 4.79 Å². The normalized spacial score (nSPS) is 10.0. The van der Waals surface area contributed by atoms with Crippen molar-refractivity contribution >= 4 is 29.2 Å². The SMILES string of the molecule is COC(=O)COc1cccc(NC(=O)Cc2ccccc2Cl)c1. The summed E-state index contributed by atoms with van der Waals surface area (Å²) in [4.78, 5) is 23.1. The zero-order valence-electron chi connectivity index (χ0n) is 12.5. The fraction of sp³-hybridized carbons (Fsp3) is 0.176. The molecule has 0 spiro atoms. The van der Waals surface area contributed by atoms with E-state index in [0.717, 1.165) is 5.56 Å². The largest absolute Gasteiger partial charge is 0.482 e. The molecule has 0 aliphatic heterocycles. The molecule has 0 radical (unpaired) electrons. The van der Waals surface area contributed by atoms with Crippen LogP contribution in [0.3, 0.4) is 0 Å². The van der Waals surface area contributed by atoms with E-state index in [1.807, 2.05) is 12.1 Å². The molecule has 2 aromatic rings. The molecule has 2 aromatic carbocycles. The Kier molecular flexibility index (Phi) is 6.00. The molecule has 0 saturated heterocycles. The second-order valence-corrected chi connectivity index (χ2v) is 5.12. The van der Waals surface area contributed by atoms with Gasteiger partial charge in [0, 0.05) is 16.8 Å². The summed E-state index contributed by atoms with van der Waals surface area (Å²) < 4.78 is 9.77. The third kappa shape index (κ3) is 5.30. The molecule has 0 aromatic heterocycles. The lowest BCUT2D eigenvalue weighted by atomic mass is 10.1. The van der Waals surface area contributed by atoms with Gasteiger partial charge in [-0.05, 0) is 23.8 Å². The number of ether oxygens (including phenoxy) is 2. The van der Waals surface area contributed by atoms with Crippen LogP contribution in [0.4, 0.5) is 5.69 Å². The van der Waals surface area contributed by atoms with Gasteiger partial charge in [0.1, 0.15) is 5.75 Å².